The zero-order valence-corrected chi connectivity index (χ0v) is 8.05. The normalized spacial score (nSPS) is 10.3. The SMILES string of the molecule is CS(=O)(=O)[O-].Cc1[nH]cc[n+]1C. The summed E-state index contributed by atoms with van der Waals surface area (Å²) in [6.07, 6.45) is 4.50. The first-order chi connectivity index (χ1) is 5.30. The molecule has 12 heavy (non-hydrogen) atoms. The maximum atomic E-state index is 9.08. The molecule has 0 fully saturated rings. The summed E-state index contributed by atoms with van der Waals surface area (Å²) in [6.45, 7) is 2.03. The molecular weight excluding hydrogens is 180 g/mol. The topological polar surface area (TPSA) is 76.9 Å². The minimum absolute atomic E-state index is 0.604. The van der Waals surface area contributed by atoms with Gasteiger partial charge >= 0.3 is 0 Å². The van der Waals surface area contributed by atoms with Crippen molar-refractivity contribution in [2.75, 3.05) is 6.26 Å². The molecule has 0 bridgehead atoms. The van der Waals surface area contributed by atoms with Crippen LogP contribution in [0.5, 0.6) is 0 Å². The Morgan fingerprint density at radius 3 is 2.08 bits per heavy atom. The summed E-state index contributed by atoms with van der Waals surface area (Å²) >= 11 is 0. The highest BCUT2D eigenvalue weighted by Gasteiger charge is 1.93. The van der Waals surface area contributed by atoms with Gasteiger partial charge in [-0.05, 0) is 0 Å². The fourth-order valence-electron chi connectivity index (χ4n) is 0.483. The van der Waals surface area contributed by atoms with Gasteiger partial charge in [-0.25, -0.2) is 18.0 Å². The number of nitrogens with zero attached hydrogens (tertiary/aromatic N) is 1. The molecule has 0 amide bonds. The van der Waals surface area contributed by atoms with Crippen molar-refractivity contribution in [1.82, 2.24) is 4.98 Å². The van der Waals surface area contributed by atoms with E-state index in [2.05, 4.69) is 4.98 Å². The number of imidazole rings is 1. The Morgan fingerprint density at radius 2 is 2.00 bits per heavy atom. The zero-order chi connectivity index (χ0) is 9.78. The van der Waals surface area contributed by atoms with Crippen LogP contribution in [0.2, 0.25) is 0 Å². The quantitative estimate of drug-likeness (QED) is 0.436. The Bertz CT molecular complexity index is 304. The molecule has 1 aromatic rings. The molecule has 0 aliphatic carbocycles. The smallest absolute Gasteiger partial charge is 0.250 e. The lowest BCUT2D eigenvalue weighted by atomic mass is 10.7. The van der Waals surface area contributed by atoms with E-state index in [1.54, 1.807) is 0 Å². The monoisotopic (exact) mass is 192 g/mol. The first kappa shape index (κ1) is 11.1. The molecule has 6 heteroatoms. The minimum Gasteiger partial charge on any atom is -0.748 e. The Morgan fingerprint density at radius 1 is 1.58 bits per heavy atom. The van der Waals surface area contributed by atoms with Crippen LogP contribution in [0.4, 0.5) is 0 Å². The molecule has 0 aliphatic rings. The summed E-state index contributed by atoms with van der Waals surface area (Å²) in [6, 6.07) is 0. The molecule has 0 unspecified atom stereocenters. The molecule has 0 aliphatic heterocycles. The summed E-state index contributed by atoms with van der Waals surface area (Å²) in [5.74, 6) is 1.18. The molecule has 1 aromatic heterocycles. The number of aryl methyl sites for hydroxylation is 2. The number of rotatable bonds is 0. The Hall–Kier alpha value is -0.880. The van der Waals surface area contributed by atoms with Crippen molar-refractivity contribution in [3.63, 3.8) is 0 Å². The summed E-state index contributed by atoms with van der Waals surface area (Å²) in [5.41, 5.74) is 0. The Labute approximate surface area is 71.8 Å². The van der Waals surface area contributed by atoms with Crippen LogP contribution in [-0.4, -0.2) is 24.2 Å². The fraction of sp³-hybridized carbons (Fsp3) is 0.500. The van der Waals surface area contributed by atoms with E-state index in [4.69, 9.17) is 13.0 Å². The van der Waals surface area contributed by atoms with Gasteiger partial charge in [0.15, 0.2) is 0 Å². The highest BCUT2D eigenvalue weighted by Crippen LogP contribution is 1.75. The van der Waals surface area contributed by atoms with Crippen molar-refractivity contribution in [2.24, 2.45) is 7.05 Å². The molecular formula is C6H12N2O3S. The third-order valence-electron chi connectivity index (χ3n) is 1.12. The van der Waals surface area contributed by atoms with E-state index >= 15 is 0 Å². The molecule has 5 nitrogen and oxygen atoms in total. The molecule has 0 radical (unpaired) electrons. The lowest BCUT2D eigenvalue weighted by Gasteiger charge is -1.90. The van der Waals surface area contributed by atoms with Crippen molar-refractivity contribution >= 4 is 10.1 Å². The Balaban J connectivity index is 0.000000217. The zero-order valence-electron chi connectivity index (χ0n) is 7.23. The van der Waals surface area contributed by atoms with Gasteiger partial charge in [0.2, 0.25) is 0 Å². The molecule has 1 heterocycles. The largest absolute Gasteiger partial charge is 0.748 e. The van der Waals surface area contributed by atoms with Crippen LogP contribution in [0.1, 0.15) is 5.82 Å². The molecule has 70 valence electrons. The van der Waals surface area contributed by atoms with E-state index in [1.165, 1.54) is 5.82 Å². The van der Waals surface area contributed by atoms with E-state index in [0.29, 0.717) is 6.26 Å². The van der Waals surface area contributed by atoms with Crippen LogP contribution in [0, 0.1) is 6.92 Å². The number of nitrogens with one attached hydrogen (secondary N) is 1. The van der Waals surface area contributed by atoms with E-state index in [1.807, 2.05) is 30.9 Å². The number of hydrogen-bond acceptors (Lipinski definition) is 3. The number of aromatic nitrogens is 2. The maximum absolute atomic E-state index is 9.08. The first-order valence-corrected chi connectivity index (χ1v) is 5.03. The number of H-pyrrole nitrogens is 1. The average molecular weight is 192 g/mol. The van der Waals surface area contributed by atoms with Crippen LogP contribution < -0.4 is 4.57 Å². The van der Waals surface area contributed by atoms with Crippen molar-refractivity contribution < 1.29 is 17.5 Å². The molecule has 0 saturated heterocycles. The van der Waals surface area contributed by atoms with E-state index in [9.17, 15) is 0 Å². The fourth-order valence-corrected chi connectivity index (χ4v) is 0.483. The van der Waals surface area contributed by atoms with Crippen molar-refractivity contribution in [2.45, 2.75) is 6.92 Å². The van der Waals surface area contributed by atoms with Gasteiger partial charge in [0.25, 0.3) is 5.82 Å². The van der Waals surface area contributed by atoms with E-state index < -0.39 is 10.1 Å². The molecule has 0 saturated carbocycles. The van der Waals surface area contributed by atoms with Gasteiger partial charge < -0.3 is 4.55 Å². The Kier molecular flexibility index (Phi) is 3.91. The molecule has 1 rings (SSSR count). The predicted octanol–water partition coefficient (Wildman–Crippen LogP) is -0.691. The van der Waals surface area contributed by atoms with Crippen LogP contribution in [0.3, 0.4) is 0 Å². The summed E-state index contributed by atoms with van der Waals surface area (Å²) < 4.78 is 29.3. The molecule has 0 atom stereocenters. The second kappa shape index (κ2) is 4.22. The van der Waals surface area contributed by atoms with Gasteiger partial charge in [0.05, 0.1) is 17.2 Å². The second-order valence-corrected chi connectivity index (χ2v) is 3.77. The predicted molar refractivity (Wildman–Crippen MR) is 42.3 cm³/mol. The minimum atomic E-state index is -3.92. The third-order valence-corrected chi connectivity index (χ3v) is 1.12. The van der Waals surface area contributed by atoms with Gasteiger partial charge in [-0.2, -0.15) is 0 Å². The van der Waals surface area contributed by atoms with Gasteiger partial charge in [-0.1, -0.05) is 0 Å². The summed E-state index contributed by atoms with van der Waals surface area (Å²) in [5, 5.41) is 0. The highest BCUT2D eigenvalue weighted by atomic mass is 32.2. The molecule has 1 N–H and O–H groups in total. The van der Waals surface area contributed by atoms with E-state index in [-0.39, 0.29) is 0 Å². The summed E-state index contributed by atoms with van der Waals surface area (Å²) in [4.78, 5) is 3.03. The molecule has 0 aromatic carbocycles. The van der Waals surface area contributed by atoms with Crippen LogP contribution >= 0.6 is 0 Å². The van der Waals surface area contributed by atoms with Gasteiger partial charge in [0.1, 0.15) is 12.4 Å². The third kappa shape index (κ3) is 7.23. The van der Waals surface area contributed by atoms with Crippen molar-refractivity contribution in [3.05, 3.63) is 18.2 Å². The van der Waals surface area contributed by atoms with Gasteiger partial charge in [0, 0.05) is 13.2 Å². The second-order valence-electron chi connectivity index (χ2n) is 2.36. The first-order valence-electron chi connectivity index (χ1n) is 3.21. The van der Waals surface area contributed by atoms with E-state index in [0.717, 1.165) is 0 Å². The average Bonchev–Trinajstić information content (AvgIpc) is 2.12. The number of hydrogen-bond donors (Lipinski definition) is 1. The van der Waals surface area contributed by atoms with Gasteiger partial charge in [-0.3, -0.25) is 0 Å². The molecule has 0 spiro atoms. The van der Waals surface area contributed by atoms with Gasteiger partial charge in [-0.15, -0.1) is 0 Å². The van der Waals surface area contributed by atoms with Crippen LogP contribution in [0.15, 0.2) is 12.4 Å². The summed E-state index contributed by atoms with van der Waals surface area (Å²) in [7, 11) is -1.91. The van der Waals surface area contributed by atoms with Crippen molar-refractivity contribution in [3.8, 4) is 0 Å². The standard InChI is InChI=1S/C5H8N2.CH4O3S/c1-5-6-3-4-7(5)2;1-5(2,3)4/h3-4H,1-2H3;1H3,(H,2,3,4). The van der Waals surface area contributed by atoms with Crippen molar-refractivity contribution in [1.29, 1.82) is 0 Å². The van der Waals surface area contributed by atoms with Crippen LogP contribution in [-0.2, 0) is 17.2 Å². The maximum Gasteiger partial charge on any atom is 0.250 e. The number of aromatic amines is 1. The lowest BCUT2D eigenvalue weighted by molar-refractivity contribution is -0.676. The van der Waals surface area contributed by atoms with Crippen LogP contribution in [0.25, 0.3) is 0 Å². The highest BCUT2D eigenvalue weighted by molar-refractivity contribution is 7.84. The lowest BCUT2D eigenvalue weighted by Crippen LogP contribution is -2.27.